The molecule has 1 amide bonds. The summed E-state index contributed by atoms with van der Waals surface area (Å²) < 4.78 is 32.6. The van der Waals surface area contributed by atoms with Gasteiger partial charge in [-0.25, -0.2) is 8.78 Å². The van der Waals surface area contributed by atoms with E-state index in [0.29, 0.717) is 0 Å². The lowest BCUT2D eigenvalue weighted by molar-refractivity contribution is -0.150. The highest BCUT2D eigenvalue weighted by Crippen LogP contribution is 2.72. The highest BCUT2D eigenvalue weighted by atomic mass is 79.9. The molecule has 4 atom stereocenters. The molecule has 1 N–H and O–H groups in total. The van der Waals surface area contributed by atoms with Gasteiger partial charge in [0.15, 0.2) is 0 Å². The second kappa shape index (κ2) is 5.62. The number of hydrogen-bond acceptors (Lipinski definition) is 3. The van der Waals surface area contributed by atoms with Gasteiger partial charge in [0.05, 0.1) is 29.1 Å². The minimum atomic E-state index is -0.740. The highest BCUT2D eigenvalue weighted by molar-refractivity contribution is 9.10. The van der Waals surface area contributed by atoms with Gasteiger partial charge in [0.2, 0.25) is 5.91 Å². The van der Waals surface area contributed by atoms with Crippen LogP contribution in [0.25, 0.3) is 0 Å². The van der Waals surface area contributed by atoms with Gasteiger partial charge in [-0.3, -0.25) is 9.59 Å². The van der Waals surface area contributed by atoms with Gasteiger partial charge in [0, 0.05) is 6.07 Å². The first-order valence-electron chi connectivity index (χ1n) is 8.10. The lowest BCUT2D eigenvalue weighted by Crippen LogP contribution is -2.37. The van der Waals surface area contributed by atoms with E-state index in [4.69, 9.17) is 4.74 Å². The molecule has 1 aromatic carbocycles. The first-order valence-corrected chi connectivity index (χ1v) is 8.90. The zero-order chi connectivity index (χ0) is 17.9. The predicted molar refractivity (Wildman–Crippen MR) is 89.5 cm³/mol. The summed E-state index contributed by atoms with van der Waals surface area (Å²) in [5.74, 6) is -3.60. The van der Waals surface area contributed by atoms with Crippen molar-refractivity contribution in [2.45, 2.75) is 12.8 Å². The molecule has 2 fully saturated rings. The number of ether oxygens (including phenoxy) is 1. The largest absolute Gasteiger partial charge is 0.469 e. The Hall–Kier alpha value is -1.76. The lowest BCUT2D eigenvalue weighted by atomic mass is 9.82. The van der Waals surface area contributed by atoms with Gasteiger partial charge in [0.25, 0.3) is 0 Å². The third-order valence-corrected chi connectivity index (χ3v) is 6.49. The van der Waals surface area contributed by atoms with Gasteiger partial charge in [0.1, 0.15) is 11.6 Å². The van der Waals surface area contributed by atoms with Crippen molar-refractivity contribution in [1.29, 1.82) is 0 Å². The summed E-state index contributed by atoms with van der Waals surface area (Å²) >= 11 is 2.90. The molecule has 0 radical (unpaired) electrons. The standard InChI is InChI=1S/C18H16BrF2NO3/c1-25-17(24)15-9-3-2-8(18(9)4-5-18)14(15)16(23)22-13-7-11(20)10(19)6-12(13)21/h2-3,6-9,14-15H,4-5H2,1H3,(H,22,23)/t8-,9+,14+,15+/m0/s1. The van der Waals surface area contributed by atoms with Crippen LogP contribution in [0.3, 0.4) is 0 Å². The van der Waals surface area contributed by atoms with Crippen LogP contribution in [0.4, 0.5) is 14.5 Å². The van der Waals surface area contributed by atoms with E-state index in [2.05, 4.69) is 21.2 Å². The van der Waals surface area contributed by atoms with E-state index < -0.39 is 35.3 Å². The molecule has 3 aliphatic rings. The van der Waals surface area contributed by atoms with E-state index in [1.165, 1.54) is 7.11 Å². The Bertz CT molecular complexity index is 806. The van der Waals surface area contributed by atoms with E-state index in [-0.39, 0.29) is 27.4 Å². The molecular formula is C18H16BrF2NO3. The molecule has 1 spiro atoms. The smallest absolute Gasteiger partial charge is 0.310 e. The van der Waals surface area contributed by atoms with Crippen LogP contribution in [0.2, 0.25) is 0 Å². The number of anilines is 1. The van der Waals surface area contributed by atoms with Gasteiger partial charge in [-0.1, -0.05) is 12.2 Å². The van der Waals surface area contributed by atoms with E-state index in [0.717, 1.165) is 25.0 Å². The zero-order valence-electron chi connectivity index (χ0n) is 13.4. The third-order valence-electron chi connectivity index (χ3n) is 5.89. The van der Waals surface area contributed by atoms with Crippen LogP contribution in [-0.2, 0) is 14.3 Å². The van der Waals surface area contributed by atoms with Crippen LogP contribution < -0.4 is 5.32 Å². The number of rotatable bonds is 3. The van der Waals surface area contributed by atoms with Crippen molar-refractivity contribution in [1.82, 2.24) is 0 Å². The molecule has 3 aliphatic carbocycles. The van der Waals surface area contributed by atoms with Gasteiger partial charge in [-0.2, -0.15) is 0 Å². The van der Waals surface area contributed by atoms with Crippen molar-refractivity contribution in [3.8, 4) is 0 Å². The minimum Gasteiger partial charge on any atom is -0.469 e. The quantitative estimate of drug-likeness (QED) is 0.469. The fraction of sp³-hybridized carbons (Fsp3) is 0.444. The average molecular weight is 412 g/mol. The normalized spacial score (nSPS) is 30.6. The summed E-state index contributed by atoms with van der Waals surface area (Å²) in [4.78, 5) is 25.1. The van der Waals surface area contributed by atoms with Crippen LogP contribution in [0.15, 0.2) is 28.8 Å². The molecule has 4 nitrogen and oxygen atoms in total. The topological polar surface area (TPSA) is 55.4 Å². The van der Waals surface area contributed by atoms with Crippen molar-refractivity contribution in [3.63, 3.8) is 0 Å². The Morgan fingerprint density at radius 1 is 1.16 bits per heavy atom. The maximum Gasteiger partial charge on any atom is 0.310 e. The summed E-state index contributed by atoms with van der Waals surface area (Å²) in [6.45, 7) is 0. The number of methoxy groups -OCH3 is 1. The number of benzene rings is 1. The summed E-state index contributed by atoms with van der Waals surface area (Å²) in [6, 6.07) is 1.90. The Labute approximate surface area is 151 Å². The molecule has 2 bridgehead atoms. The average Bonchev–Trinajstić information content (AvgIpc) is 3.25. The second-order valence-corrected chi connectivity index (χ2v) is 7.83. The van der Waals surface area contributed by atoms with Crippen LogP contribution in [0.1, 0.15) is 12.8 Å². The molecule has 0 unspecified atom stereocenters. The Morgan fingerprint density at radius 2 is 1.80 bits per heavy atom. The summed E-state index contributed by atoms with van der Waals surface area (Å²) in [5.41, 5.74) is -0.268. The van der Waals surface area contributed by atoms with Crippen LogP contribution >= 0.6 is 15.9 Å². The molecule has 0 saturated heterocycles. The number of nitrogens with one attached hydrogen (secondary N) is 1. The fourth-order valence-electron chi connectivity index (χ4n) is 4.65. The van der Waals surface area contributed by atoms with Crippen molar-refractivity contribution >= 4 is 33.5 Å². The summed E-state index contributed by atoms with van der Waals surface area (Å²) in [6.07, 6.45) is 5.92. The van der Waals surface area contributed by atoms with Crippen LogP contribution in [0, 0.1) is 40.7 Å². The molecule has 0 heterocycles. The summed E-state index contributed by atoms with van der Waals surface area (Å²) in [7, 11) is 1.30. The molecule has 0 aliphatic heterocycles. The molecule has 25 heavy (non-hydrogen) atoms. The first kappa shape index (κ1) is 16.7. The number of amides is 1. The molecule has 1 aromatic rings. The first-order chi connectivity index (χ1) is 11.9. The van der Waals surface area contributed by atoms with Crippen molar-refractivity contribution in [2.75, 3.05) is 12.4 Å². The van der Waals surface area contributed by atoms with Crippen molar-refractivity contribution in [3.05, 3.63) is 40.4 Å². The third kappa shape index (κ3) is 2.35. The molecule has 0 aromatic heterocycles. The molecule has 7 heteroatoms. The van der Waals surface area contributed by atoms with Gasteiger partial charge >= 0.3 is 5.97 Å². The molecule has 2 saturated carbocycles. The fourth-order valence-corrected chi connectivity index (χ4v) is 4.96. The Balaban J connectivity index is 1.64. The molecule has 4 rings (SSSR count). The van der Waals surface area contributed by atoms with Gasteiger partial charge in [-0.15, -0.1) is 0 Å². The number of carbonyl (C=O) groups excluding carboxylic acids is 2. The Kier molecular flexibility index (Phi) is 3.76. The monoisotopic (exact) mass is 411 g/mol. The Morgan fingerprint density at radius 3 is 2.40 bits per heavy atom. The van der Waals surface area contributed by atoms with Gasteiger partial charge in [-0.05, 0) is 52.1 Å². The number of halogens is 3. The number of carbonyl (C=O) groups is 2. The maximum atomic E-state index is 14.0. The minimum absolute atomic E-state index is 0.0183. The number of hydrogen-bond donors (Lipinski definition) is 1. The van der Waals surface area contributed by atoms with Crippen LogP contribution in [-0.4, -0.2) is 19.0 Å². The number of allylic oxidation sites excluding steroid dienone is 2. The zero-order valence-corrected chi connectivity index (χ0v) is 15.0. The van der Waals surface area contributed by atoms with Crippen molar-refractivity contribution < 1.29 is 23.1 Å². The maximum absolute atomic E-state index is 14.0. The van der Waals surface area contributed by atoms with E-state index in [1.807, 2.05) is 12.2 Å². The van der Waals surface area contributed by atoms with E-state index >= 15 is 0 Å². The van der Waals surface area contributed by atoms with E-state index in [9.17, 15) is 18.4 Å². The predicted octanol–water partition coefficient (Wildman–Crippen LogP) is 3.67. The highest BCUT2D eigenvalue weighted by Gasteiger charge is 2.70. The van der Waals surface area contributed by atoms with Gasteiger partial charge < -0.3 is 10.1 Å². The van der Waals surface area contributed by atoms with Crippen molar-refractivity contribution in [2.24, 2.45) is 29.1 Å². The number of esters is 1. The SMILES string of the molecule is COC(=O)[C@H]1[C@H](C(=O)Nc2cc(F)c(Br)cc2F)[C@@H]2C=C[C@H]1C21CC1. The van der Waals surface area contributed by atoms with Crippen LogP contribution in [0.5, 0.6) is 0 Å². The molecule has 132 valence electrons. The lowest BCUT2D eigenvalue weighted by Gasteiger charge is -2.25. The molecular weight excluding hydrogens is 396 g/mol. The summed E-state index contributed by atoms with van der Waals surface area (Å²) in [5, 5.41) is 2.46. The van der Waals surface area contributed by atoms with E-state index in [1.54, 1.807) is 0 Å². The second-order valence-electron chi connectivity index (χ2n) is 6.98.